The maximum atomic E-state index is 9.60. The van der Waals surface area contributed by atoms with Crippen LogP contribution in [0.1, 0.15) is 25.2 Å². The van der Waals surface area contributed by atoms with Crippen molar-refractivity contribution in [2.24, 2.45) is 0 Å². The molecule has 1 aromatic rings. The highest BCUT2D eigenvalue weighted by molar-refractivity contribution is 5.00. The third-order valence-corrected chi connectivity index (χ3v) is 2.14. The third-order valence-electron chi connectivity index (χ3n) is 2.14. The van der Waals surface area contributed by atoms with E-state index >= 15 is 0 Å². The molecule has 1 heterocycles. The summed E-state index contributed by atoms with van der Waals surface area (Å²) in [7, 11) is 0. The molecule has 2 N–H and O–H groups in total. The van der Waals surface area contributed by atoms with Crippen LogP contribution in [0.4, 0.5) is 0 Å². The lowest BCUT2D eigenvalue weighted by Gasteiger charge is -2.13. The molecule has 1 rings (SSSR count). The van der Waals surface area contributed by atoms with E-state index in [9.17, 15) is 5.11 Å². The number of aromatic nitrogens is 2. The highest BCUT2D eigenvalue weighted by Gasteiger charge is 2.05. The smallest absolute Gasteiger partial charge is 0.0897 e. The van der Waals surface area contributed by atoms with E-state index in [0.29, 0.717) is 19.7 Å². The van der Waals surface area contributed by atoms with E-state index in [1.165, 1.54) is 0 Å². The Hall–Kier alpha value is -1.04. The molecule has 1 unspecified atom stereocenters. The molecule has 0 aliphatic carbocycles. The Morgan fingerprint density at radius 3 is 2.71 bits per heavy atom. The number of aryl methyl sites for hydroxylation is 1. The summed E-state index contributed by atoms with van der Waals surface area (Å²) < 4.78 is 5.30. The van der Waals surface area contributed by atoms with Crippen molar-refractivity contribution in [3.8, 4) is 0 Å². The quantitative estimate of drug-likeness (QED) is 0.731. The molecule has 0 aromatic carbocycles. The van der Waals surface area contributed by atoms with Crippen LogP contribution in [0.2, 0.25) is 0 Å². The summed E-state index contributed by atoms with van der Waals surface area (Å²) in [5.41, 5.74) is 1.77. The van der Waals surface area contributed by atoms with Crippen LogP contribution in [-0.2, 0) is 11.3 Å². The monoisotopic (exact) mass is 239 g/mol. The fourth-order valence-corrected chi connectivity index (χ4v) is 1.24. The van der Waals surface area contributed by atoms with E-state index in [4.69, 9.17) is 4.74 Å². The van der Waals surface area contributed by atoms with Gasteiger partial charge in [0.15, 0.2) is 0 Å². The summed E-state index contributed by atoms with van der Waals surface area (Å²) in [5.74, 6) is 0. The number of ether oxygens (including phenoxy) is 1. The molecular weight excluding hydrogens is 218 g/mol. The number of nitrogens with one attached hydrogen (secondary N) is 1. The molecule has 0 aliphatic rings. The largest absolute Gasteiger partial charge is 0.389 e. The molecule has 0 radical (unpaired) electrons. The van der Waals surface area contributed by atoms with Crippen LogP contribution in [-0.4, -0.2) is 40.4 Å². The number of aliphatic hydroxyl groups is 1. The van der Waals surface area contributed by atoms with Crippen LogP contribution in [0, 0.1) is 6.92 Å². The Bertz CT molecular complexity index is 314. The number of aliphatic hydroxyl groups excluding tert-OH is 1. The summed E-state index contributed by atoms with van der Waals surface area (Å²) in [4.78, 5) is 8.36. The number of hydrogen-bond donors (Lipinski definition) is 2. The van der Waals surface area contributed by atoms with Crippen molar-refractivity contribution in [2.45, 2.75) is 39.5 Å². The van der Waals surface area contributed by atoms with Gasteiger partial charge >= 0.3 is 0 Å². The minimum absolute atomic E-state index is 0.146. The van der Waals surface area contributed by atoms with E-state index in [-0.39, 0.29) is 6.10 Å². The molecule has 5 heteroatoms. The summed E-state index contributed by atoms with van der Waals surface area (Å²) in [6, 6.07) is 0. The van der Waals surface area contributed by atoms with Gasteiger partial charge in [0.2, 0.25) is 0 Å². The lowest BCUT2D eigenvalue weighted by atomic mass is 10.3. The molecule has 0 saturated heterocycles. The first-order valence-electron chi connectivity index (χ1n) is 5.86. The Balaban J connectivity index is 2.16. The van der Waals surface area contributed by atoms with Crippen LogP contribution in [0.5, 0.6) is 0 Å². The molecular formula is C12H21N3O2. The van der Waals surface area contributed by atoms with Crippen molar-refractivity contribution in [1.29, 1.82) is 0 Å². The van der Waals surface area contributed by atoms with E-state index < -0.39 is 6.10 Å². The molecule has 1 aromatic heterocycles. The summed E-state index contributed by atoms with van der Waals surface area (Å²) in [5, 5.41) is 12.7. The minimum Gasteiger partial charge on any atom is -0.389 e. The third kappa shape index (κ3) is 6.31. The van der Waals surface area contributed by atoms with Crippen LogP contribution in [0.25, 0.3) is 0 Å². The predicted molar refractivity (Wildman–Crippen MR) is 65.6 cm³/mol. The van der Waals surface area contributed by atoms with Crippen molar-refractivity contribution in [3.63, 3.8) is 0 Å². The van der Waals surface area contributed by atoms with Gasteiger partial charge in [-0.15, -0.1) is 0 Å². The average molecular weight is 239 g/mol. The van der Waals surface area contributed by atoms with Crippen LogP contribution in [0.15, 0.2) is 12.4 Å². The van der Waals surface area contributed by atoms with Crippen molar-refractivity contribution >= 4 is 0 Å². The van der Waals surface area contributed by atoms with Crippen molar-refractivity contribution < 1.29 is 9.84 Å². The number of nitrogens with zero attached hydrogens (tertiary/aromatic N) is 2. The van der Waals surface area contributed by atoms with Gasteiger partial charge in [-0.2, -0.15) is 0 Å². The van der Waals surface area contributed by atoms with E-state index in [1.807, 2.05) is 20.8 Å². The maximum Gasteiger partial charge on any atom is 0.0897 e. The van der Waals surface area contributed by atoms with E-state index in [0.717, 1.165) is 11.4 Å². The fraction of sp³-hybridized carbons (Fsp3) is 0.667. The molecule has 5 nitrogen and oxygen atoms in total. The van der Waals surface area contributed by atoms with Crippen molar-refractivity contribution in [1.82, 2.24) is 15.3 Å². The normalized spacial score (nSPS) is 13.0. The van der Waals surface area contributed by atoms with Crippen LogP contribution < -0.4 is 5.32 Å². The molecule has 0 amide bonds. The minimum atomic E-state index is -0.490. The van der Waals surface area contributed by atoms with Crippen molar-refractivity contribution in [3.05, 3.63) is 23.8 Å². The first-order chi connectivity index (χ1) is 8.08. The number of hydrogen-bond acceptors (Lipinski definition) is 5. The maximum absolute atomic E-state index is 9.60. The highest BCUT2D eigenvalue weighted by atomic mass is 16.5. The molecule has 0 spiro atoms. The van der Waals surface area contributed by atoms with E-state index in [2.05, 4.69) is 15.3 Å². The topological polar surface area (TPSA) is 67.3 Å². The Morgan fingerprint density at radius 1 is 1.35 bits per heavy atom. The average Bonchev–Trinajstić information content (AvgIpc) is 2.29. The lowest BCUT2D eigenvalue weighted by molar-refractivity contribution is 0.00627. The zero-order chi connectivity index (χ0) is 12.7. The molecule has 17 heavy (non-hydrogen) atoms. The fourth-order valence-electron chi connectivity index (χ4n) is 1.24. The molecule has 96 valence electrons. The standard InChI is InChI=1S/C12H21N3O2/c1-9(2)17-8-12(16)7-13-5-11-6-14-10(3)4-15-11/h4,6,9,12-13,16H,5,7-8H2,1-3H3. The van der Waals surface area contributed by atoms with Gasteiger partial charge in [0, 0.05) is 25.5 Å². The first kappa shape index (κ1) is 14.0. The Labute approximate surface area is 102 Å². The van der Waals surface area contributed by atoms with Gasteiger partial charge in [-0.3, -0.25) is 9.97 Å². The first-order valence-corrected chi connectivity index (χ1v) is 5.86. The van der Waals surface area contributed by atoms with Gasteiger partial charge in [-0.1, -0.05) is 0 Å². The summed E-state index contributed by atoms with van der Waals surface area (Å²) in [6.45, 7) is 7.24. The Morgan fingerprint density at radius 2 is 2.12 bits per heavy atom. The van der Waals surface area contributed by atoms with Gasteiger partial charge in [0.1, 0.15) is 0 Å². The molecule has 0 bridgehead atoms. The van der Waals surface area contributed by atoms with E-state index in [1.54, 1.807) is 12.4 Å². The number of rotatable bonds is 7. The van der Waals surface area contributed by atoms with Gasteiger partial charge in [-0.05, 0) is 20.8 Å². The second-order valence-corrected chi connectivity index (χ2v) is 4.32. The molecule has 0 aliphatic heterocycles. The van der Waals surface area contributed by atoms with Crippen LogP contribution >= 0.6 is 0 Å². The zero-order valence-electron chi connectivity index (χ0n) is 10.7. The molecule has 0 fully saturated rings. The summed E-state index contributed by atoms with van der Waals surface area (Å²) >= 11 is 0. The van der Waals surface area contributed by atoms with Crippen LogP contribution in [0.3, 0.4) is 0 Å². The van der Waals surface area contributed by atoms with Crippen molar-refractivity contribution in [2.75, 3.05) is 13.2 Å². The van der Waals surface area contributed by atoms with Gasteiger partial charge in [-0.25, -0.2) is 0 Å². The zero-order valence-corrected chi connectivity index (χ0v) is 10.7. The summed E-state index contributed by atoms with van der Waals surface area (Å²) in [6.07, 6.45) is 3.12. The molecule has 0 saturated carbocycles. The second kappa shape index (κ2) is 7.32. The SMILES string of the molecule is Cc1cnc(CNCC(O)COC(C)C)cn1. The lowest BCUT2D eigenvalue weighted by Crippen LogP contribution is -2.31. The highest BCUT2D eigenvalue weighted by Crippen LogP contribution is 1.94. The second-order valence-electron chi connectivity index (χ2n) is 4.32. The molecule has 1 atom stereocenters. The van der Waals surface area contributed by atoms with Gasteiger partial charge in [0.05, 0.1) is 30.2 Å². The van der Waals surface area contributed by atoms with Gasteiger partial charge in [0.25, 0.3) is 0 Å². The van der Waals surface area contributed by atoms with Gasteiger partial charge < -0.3 is 15.2 Å². The predicted octanol–water partition coefficient (Wildman–Crippen LogP) is 0.661. The Kier molecular flexibility index (Phi) is 6.04.